The van der Waals surface area contributed by atoms with E-state index in [-0.39, 0.29) is 5.91 Å². The number of aryl methyl sites for hydroxylation is 2. The lowest BCUT2D eigenvalue weighted by molar-refractivity contribution is -0.140. The van der Waals surface area contributed by atoms with Crippen molar-refractivity contribution in [2.24, 2.45) is 0 Å². The summed E-state index contributed by atoms with van der Waals surface area (Å²) in [6.45, 7) is 2.64. The third-order valence-electron chi connectivity index (χ3n) is 3.51. The van der Waals surface area contributed by atoms with Crippen molar-refractivity contribution in [3.63, 3.8) is 0 Å². The van der Waals surface area contributed by atoms with E-state index in [0.29, 0.717) is 19.4 Å². The fourth-order valence-corrected chi connectivity index (χ4v) is 4.21. The summed E-state index contributed by atoms with van der Waals surface area (Å²) < 4.78 is 0. The minimum atomic E-state index is -1.13. The molecule has 1 aromatic heterocycles. The van der Waals surface area contributed by atoms with Crippen LogP contribution in [0, 0.1) is 6.92 Å². The summed E-state index contributed by atoms with van der Waals surface area (Å²) in [5.41, 5.74) is -0.0480. The van der Waals surface area contributed by atoms with Crippen molar-refractivity contribution in [1.29, 1.82) is 0 Å². The van der Waals surface area contributed by atoms with Crippen LogP contribution in [-0.4, -0.2) is 39.6 Å². The largest absolute Gasteiger partial charge is 0.380 e. The van der Waals surface area contributed by atoms with E-state index in [4.69, 9.17) is 0 Å². The highest BCUT2D eigenvalue weighted by atomic mass is 32.2. The Morgan fingerprint density at radius 2 is 2.20 bits per heavy atom. The second kappa shape index (κ2) is 7.43. The zero-order chi connectivity index (χ0) is 14.4. The number of carbonyl (C=O) groups excluding carboxylic acids is 1. The molecule has 0 unspecified atom stereocenters. The van der Waals surface area contributed by atoms with Gasteiger partial charge in [-0.15, -0.1) is 11.3 Å². The molecule has 1 aromatic rings. The number of hydrogen-bond acceptors (Lipinski definition) is 5. The Hall–Kier alpha value is -0.590. The molecule has 1 aliphatic heterocycles. The topological polar surface area (TPSA) is 62.2 Å². The number of nitrogens with one attached hydrogen (secondary N) is 1. The predicted molar refractivity (Wildman–Crippen MR) is 84.3 cm³/mol. The number of amides is 1. The van der Waals surface area contributed by atoms with Gasteiger partial charge in [-0.3, -0.25) is 4.79 Å². The average Bonchev–Trinajstić information content (AvgIpc) is 2.85. The van der Waals surface area contributed by atoms with Gasteiger partial charge in [0.1, 0.15) is 5.60 Å². The standard InChI is InChI=1S/C14H22N2O2S2/c1-11-10-20-12(16-11)4-2-3-7-15-13(17)14(18)5-8-19-9-6-14/h10,18H,2-9H2,1H3,(H,15,17). The molecular formula is C14H22N2O2S2. The molecule has 0 aromatic carbocycles. The molecular weight excluding hydrogens is 292 g/mol. The minimum absolute atomic E-state index is 0.192. The van der Waals surface area contributed by atoms with Crippen molar-refractivity contribution in [3.8, 4) is 0 Å². The maximum atomic E-state index is 12.0. The van der Waals surface area contributed by atoms with Crippen LogP contribution in [0.1, 0.15) is 36.4 Å². The highest BCUT2D eigenvalue weighted by Gasteiger charge is 2.36. The fourth-order valence-electron chi connectivity index (χ4n) is 2.22. The van der Waals surface area contributed by atoms with Crippen molar-refractivity contribution < 1.29 is 9.90 Å². The van der Waals surface area contributed by atoms with Crippen molar-refractivity contribution >= 4 is 29.0 Å². The number of rotatable bonds is 6. The lowest BCUT2D eigenvalue weighted by Gasteiger charge is -2.30. The molecule has 20 heavy (non-hydrogen) atoms. The lowest BCUT2D eigenvalue weighted by Crippen LogP contribution is -2.49. The van der Waals surface area contributed by atoms with Gasteiger partial charge in [0.25, 0.3) is 5.91 Å². The molecule has 4 nitrogen and oxygen atoms in total. The number of thioether (sulfide) groups is 1. The van der Waals surface area contributed by atoms with Gasteiger partial charge in [0.05, 0.1) is 5.01 Å². The molecule has 2 N–H and O–H groups in total. The Balaban J connectivity index is 1.62. The van der Waals surface area contributed by atoms with E-state index in [1.807, 2.05) is 6.92 Å². The summed E-state index contributed by atoms with van der Waals surface area (Å²) in [6, 6.07) is 0. The number of unbranched alkanes of at least 4 members (excludes halogenated alkanes) is 1. The molecule has 6 heteroatoms. The van der Waals surface area contributed by atoms with E-state index in [1.54, 1.807) is 23.1 Å². The lowest BCUT2D eigenvalue weighted by atomic mass is 9.96. The van der Waals surface area contributed by atoms with Gasteiger partial charge < -0.3 is 10.4 Å². The van der Waals surface area contributed by atoms with Crippen molar-refractivity contribution in [2.45, 2.75) is 44.6 Å². The van der Waals surface area contributed by atoms with Gasteiger partial charge >= 0.3 is 0 Å². The number of aromatic nitrogens is 1. The van der Waals surface area contributed by atoms with Crippen LogP contribution < -0.4 is 5.32 Å². The van der Waals surface area contributed by atoms with Gasteiger partial charge in [-0.2, -0.15) is 11.8 Å². The molecule has 0 atom stereocenters. The van der Waals surface area contributed by atoms with Gasteiger partial charge in [-0.25, -0.2) is 4.98 Å². The van der Waals surface area contributed by atoms with Gasteiger partial charge in [0.2, 0.25) is 0 Å². The molecule has 0 aliphatic carbocycles. The van der Waals surface area contributed by atoms with Crippen LogP contribution in [0.2, 0.25) is 0 Å². The molecule has 0 saturated carbocycles. The smallest absolute Gasteiger partial charge is 0.252 e. The number of hydrogen-bond donors (Lipinski definition) is 2. The van der Waals surface area contributed by atoms with Crippen molar-refractivity contribution in [2.75, 3.05) is 18.1 Å². The summed E-state index contributed by atoms with van der Waals surface area (Å²) in [5, 5.41) is 16.3. The van der Waals surface area contributed by atoms with Crippen LogP contribution in [-0.2, 0) is 11.2 Å². The Morgan fingerprint density at radius 1 is 1.45 bits per heavy atom. The first kappa shape index (κ1) is 15.8. The van der Waals surface area contributed by atoms with Crippen LogP contribution in [0.3, 0.4) is 0 Å². The molecule has 112 valence electrons. The van der Waals surface area contributed by atoms with Crippen LogP contribution in [0.15, 0.2) is 5.38 Å². The molecule has 1 aliphatic rings. The SMILES string of the molecule is Cc1csc(CCCCNC(=O)C2(O)CCSCC2)n1. The summed E-state index contributed by atoms with van der Waals surface area (Å²) >= 11 is 3.50. The Morgan fingerprint density at radius 3 is 2.85 bits per heavy atom. The van der Waals surface area contributed by atoms with Crippen LogP contribution in [0.25, 0.3) is 0 Å². The molecule has 1 fully saturated rings. The van der Waals surface area contributed by atoms with Gasteiger partial charge in [-0.05, 0) is 50.5 Å². The van der Waals surface area contributed by atoms with Crippen LogP contribution >= 0.6 is 23.1 Å². The molecule has 1 amide bonds. The van der Waals surface area contributed by atoms with Gasteiger partial charge in [-0.1, -0.05) is 0 Å². The average molecular weight is 314 g/mol. The van der Waals surface area contributed by atoms with Gasteiger partial charge in [0, 0.05) is 17.6 Å². The normalized spacial score (nSPS) is 17.9. The molecule has 2 rings (SSSR count). The summed E-state index contributed by atoms with van der Waals surface area (Å²) in [4.78, 5) is 16.4. The monoisotopic (exact) mass is 314 g/mol. The maximum absolute atomic E-state index is 12.0. The van der Waals surface area contributed by atoms with E-state index in [0.717, 1.165) is 41.5 Å². The van der Waals surface area contributed by atoms with Crippen molar-refractivity contribution in [3.05, 3.63) is 16.1 Å². The molecule has 0 spiro atoms. The first-order chi connectivity index (χ1) is 9.60. The maximum Gasteiger partial charge on any atom is 0.252 e. The molecule has 2 heterocycles. The Labute approximate surface area is 128 Å². The molecule has 0 bridgehead atoms. The van der Waals surface area contributed by atoms with E-state index in [2.05, 4.69) is 15.7 Å². The third-order valence-corrected chi connectivity index (χ3v) is 5.52. The van der Waals surface area contributed by atoms with Crippen LogP contribution in [0.4, 0.5) is 0 Å². The zero-order valence-electron chi connectivity index (χ0n) is 11.9. The zero-order valence-corrected chi connectivity index (χ0v) is 13.5. The first-order valence-corrected chi connectivity index (χ1v) is 9.13. The summed E-state index contributed by atoms with van der Waals surface area (Å²) in [5.74, 6) is 1.54. The fraction of sp³-hybridized carbons (Fsp3) is 0.714. The Bertz CT molecular complexity index is 442. The molecule has 1 saturated heterocycles. The highest BCUT2D eigenvalue weighted by molar-refractivity contribution is 7.99. The second-order valence-electron chi connectivity index (χ2n) is 5.24. The predicted octanol–water partition coefficient (Wildman–Crippen LogP) is 2.15. The van der Waals surface area contributed by atoms with E-state index >= 15 is 0 Å². The third kappa shape index (κ3) is 4.46. The van der Waals surface area contributed by atoms with E-state index in [9.17, 15) is 9.90 Å². The number of carbonyl (C=O) groups is 1. The first-order valence-electron chi connectivity index (χ1n) is 7.10. The van der Waals surface area contributed by atoms with E-state index in [1.165, 1.54) is 0 Å². The number of nitrogens with zero attached hydrogens (tertiary/aromatic N) is 1. The number of thiazole rings is 1. The summed E-state index contributed by atoms with van der Waals surface area (Å²) in [7, 11) is 0. The highest BCUT2D eigenvalue weighted by Crippen LogP contribution is 2.26. The summed E-state index contributed by atoms with van der Waals surface area (Å²) in [6.07, 6.45) is 4.05. The van der Waals surface area contributed by atoms with Crippen molar-refractivity contribution in [1.82, 2.24) is 10.3 Å². The minimum Gasteiger partial charge on any atom is -0.380 e. The van der Waals surface area contributed by atoms with E-state index < -0.39 is 5.60 Å². The van der Waals surface area contributed by atoms with Gasteiger partial charge in [0.15, 0.2) is 0 Å². The Kier molecular flexibility index (Phi) is 5.86. The van der Waals surface area contributed by atoms with Crippen LogP contribution in [0.5, 0.6) is 0 Å². The number of aliphatic hydroxyl groups is 1. The second-order valence-corrected chi connectivity index (χ2v) is 7.41. The quantitative estimate of drug-likeness (QED) is 0.790. The molecule has 0 radical (unpaired) electrons.